The van der Waals surface area contributed by atoms with Crippen molar-refractivity contribution >= 4 is 17.4 Å². The number of allylic oxidation sites excluding steroid dienone is 5. The molecule has 0 spiro atoms. The van der Waals surface area contributed by atoms with Crippen LogP contribution in [0, 0.1) is 0 Å². The fourth-order valence-corrected chi connectivity index (χ4v) is 4.33. The van der Waals surface area contributed by atoms with Gasteiger partial charge in [0.05, 0.1) is 0 Å². The van der Waals surface area contributed by atoms with Gasteiger partial charge in [0.15, 0.2) is 0 Å². The third-order valence-corrected chi connectivity index (χ3v) is 5.99. The second kappa shape index (κ2) is 9.69. The average Bonchev–Trinajstić information content (AvgIpc) is 3.43. The van der Waals surface area contributed by atoms with Crippen LogP contribution in [-0.2, 0) is 9.59 Å². The van der Waals surface area contributed by atoms with Crippen molar-refractivity contribution < 1.29 is 19.8 Å². The lowest BCUT2D eigenvalue weighted by Gasteiger charge is -2.19. The van der Waals surface area contributed by atoms with Crippen LogP contribution in [0.4, 0.5) is 0 Å². The van der Waals surface area contributed by atoms with Gasteiger partial charge in [-0.05, 0) is 77.8 Å². The van der Waals surface area contributed by atoms with E-state index in [2.05, 4.69) is 18.2 Å². The zero-order valence-corrected chi connectivity index (χ0v) is 18.0. The minimum Gasteiger partial charge on any atom is -0.508 e. The van der Waals surface area contributed by atoms with Crippen molar-refractivity contribution in [3.8, 4) is 11.5 Å². The number of benzene rings is 2. The van der Waals surface area contributed by atoms with Crippen molar-refractivity contribution in [2.75, 3.05) is 6.54 Å². The van der Waals surface area contributed by atoms with Gasteiger partial charge in [-0.25, -0.2) is 0 Å². The molecule has 0 bridgehead atoms. The Hall–Kier alpha value is -3.60. The van der Waals surface area contributed by atoms with Crippen molar-refractivity contribution in [3.63, 3.8) is 0 Å². The Morgan fingerprint density at radius 1 is 0.812 bits per heavy atom. The van der Waals surface area contributed by atoms with E-state index < -0.39 is 0 Å². The van der Waals surface area contributed by atoms with Gasteiger partial charge in [-0.2, -0.15) is 0 Å². The van der Waals surface area contributed by atoms with Crippen molar-refractivity contribution in [2.24, 2.45) is 0 Å². The van der Waals surface area contributed by atoms with Gasteiger partial charge in [0.25, 0.3) is 0 Å². The number of nitrogens with zero attached hydrogens (tertiary/aromatic N) is 1. The Labute approximate surface area is 188 Å². The van der Waals surface area contributed by atoms with Crippen LogP contribution in [0.15, 0.2) is 77.9 Å². The predicted molar refractivity (Wildman–Crippen MR) is 124 cm³/mol. The summed E-state index contributed by atoms with van der Waals surface area (Å²) in [7, 11) is 0. The normalized spacial score (nSPS) is 15.4. The summed E-state index contributed by atoms with van der Waals surface area (Å²) in [4.78, 5) is 25.2. The molecule has 2 amide bonds. The summed E-state index contributed by atoms with van der Waals surface area (Å²) >= 11 is 0. The summed E-state index contributed by atoms with van der Waals surface area (Å²) in [6.07, 6.45) is 10.2. The third kappa shape index (κ3) is 4.83. The first-order valence-electron chi connectivity index (χ1n) is 11.0. The van der Waals surface area contributed by atoms with Crippen LogP contribution >= 0.6 is 0 Å². The molecule has 0 radical (unpaired) electrons. The summed E-state index contributed by atoms with van der Waals surface area (Å²) in [5.74, 6) is 0.286. The van der Waals surface area contributed by atoms with Gasteiger partial charge in [-0.3, -0.25) is 14.5 Å². The third-order valence-electron chi connectivity index (χ3n) is 5.99. The number of hydrogen-bond donors (Lipinski definition) is 2. The summed E-state index contributed by atoms with van der Waals surface area (Å²) in [6, 6.07) is 14.3. The van der Waals surface area contributed by atoms with E-state index in [4.69, 9.17) is 0 Å². The largest absolute Gasteiger partial charge is 0.508 e. The number of carbonyl (C=O) groups is 2. The number of hydrogen-bond acceptors (Lipinski definition) is 4. The Balaban J connectivity index is 1.65. The smallest absolute Gasteiger partial charge is 0.229 e. The molecule has 0 aromatic heterocycles. The van der Waals surface area contributed by atoms with E-state index in [0.29, 0.717) is 19.4 Å². The molecule has 4 rings (SSSR count). The first-order valence-corrected chi connectivity index (χ1v) is 11.0. The lowest BCUT2D eigenvalue weighted by Crippen LogP contribution is -2.29. The number of aromatic hydroxyl groups is 2. The van der Waals surface area contributed by atoms with Crippen LogP contribution in [0.2, 0.25) is 0 Å². The van der Waals surface area contributed by atoms with Crippen LogP contribution in [0.1, 0.15) is 49.7 Å². The number of unbranched alkanes of at least 4 members (excludes halogenated alkanes) is 1. The van der Waals surface area contributed by atoms with Crippen LogP contribution in [0.25, 0.3) is 5.57 Å². The molecule has 32 heavy (non-hydrogen) atoms. The monoisotopic (exact) mass is 429 g/mol. The van der Waals surface area contributed by atoms with Crippen molar-refractivity contribution in [2.45, 2.75) is 38.5 Å². The maximum Gasteiger partial charge on any atom is 0.229 e. The molecule has 0 unspecified atom stereocenters. The minimum absolute atomic E-state index is 0.0673. The Kier molecular flexibility index (Phi) is 6.55. The Morgan fingerprint density at radius 3 is 1.88 bits per heavy atom. The van der Waals surface area contributed by atoms with Gasteiger partial charge in [0.1, 0.15) is 11.5 Å². The fourth-order valence-electron chi connectivity index (χ4n) is 4.33. The Bertz CT molecular complexity index is 1030. The van der Waals surface area contributed by atoms with Crippen LogP contribution in [-0.4, -0.2) is 33.5 Å². The molecule has 0 atom stereocenters. The van der Waals surface area contributed by atoms with Crippen molar-refractivity contribution in [3.05, 3.63) is 89.0 Å². The van der Waals surface area contributed by atoms with E-state index in [9.17, 15) is 19.8 Å². The zero-order valence-electron chi connectivity index (χ0n) is 18.0. The van der Waals surface area contributed by atoms with Gasteiger partial charge in [-0.1, -0.05) is 42.5 Å². The Morgan fingerprint density at radius 2 is 1.38 bits per heavy atom. The van der Waals surface area contributed by atoms with Crippen molar-refractivity contribution in [1.29, 1.82) is 0 Å². The highest BCUT2D eigenvalue weighted by molar-refractivity contribution is 6.01. The molecule has 1 aliphatic carbocycles. The number of amides is 2. The number of rotatable bonds is 8. The second-order valence-corrected chi connectivity index (χ2v) is 8.17. The average molecular weight is 430 g/mol. The molecule has 2 aliphatic rings. The van der Waals surface area contributed by atoms with Gasteiger partial charge in [0.2, 0.25) is 11.8 Å². The summed E-state index contributed by atoms with van der Waals surface area (Å²) in [6.45, 7) is 0.468. The highest BCUT2D eigenvalue weighted by atomic mass is 16.3. The quantitative estimate of drug-likeness (QED) is 0.452. The highest BCUT2D eigenvalue weighted by Crippen LogP contribution is 2.37. The minimum atomic E-state index is -0.0673. The first-order chi connectivity index (χ1) is 15.5. The van der Waals surface area contributed by atoms with E-state index in [1.165, 1.54) is 16.0 Å². The van der Waals surface area contributed by atoms with E-state index >= 15 is 0 Å². The molecule has 2 aromatic carbocycles. The fraction of sp³-hybridized carbons (Fsp3) is 0.259. The second-order valence-electron chi connectivity index (χ2n) is 8.17. The summed E-state index contributed by atoms with van der Waals surface area (Å²) in [5.41, 5.74) is 5.47. The van der Waals surface area contributed by atoms with Gasteiger partial charge >= 0.3 is 0 Å². The maximum atomic E-state index is 11.9. The summed E-state index contributed by atoms with van der Waals surface area (Å²) < 4.78 is 0. The highest BCUT2D eigenvalue weighted by Gasteiger charge is 2.28. The topological polar surface area (TPSA) is 77.8 Å². The molecule has 5 heteroatoms. The molecule has 1 aliphatic heterocycles. The molecule has 1 saturated heterocycles. The lowest BCUT2D eigenvalue weighted by atomic mass is 9.86. The predicted octanol–water partition coefficient (Wildman–Crippen LogP) is 5.11. The van der Waals surface area contributed by atoms with Gasteiger partial charge in [-0.15, -0.1) is 0 Å². The number of likely N-dealkylation sites (tertiary alicyclic amines) is 1. The van der Waals surface area contributed by atoms with Gasteiger partial charge in [0, 0.05) is 19.4 Å². The first kappa shape index (κ1) is 21.6. The van der Waals surface area contributed by atoms with Crippen LogP contribution in [0.5, 0.6) is 11.5 Å². The standard InChI is InChI=1S/C27H27NO4/c29-22-12-8-20(9-13-22)27(21-10-14-23(30)15-11-21)24(19-5-1-2-6-19)7-3-4-18-28-25(31)16-17-26(28)32/h1-2,5,8-15,29-30H,3-4,6-7,16-18H2. The molecule has 0 saturated carbocycles. The number of phenolic OH excluding ortho intramolecular Hbond substituents is 2. The van der Waals surface area contributed by atoms with Crippen LogP contribution < -0.4 is 0 Å². The molecule has 1 fully saturated rings. The van der Waals surface area contributed by atoms with E-state index in [0.717, 1.165) is 42.4 Å². The molecule has 5 nitrogen and oxygen atoms in total. The van der Waals surface area contributed by atoms with E-state index in [1.807, 2.05) is 24.3 Å². The SMILES string of the molecule is O=C1CCC(=O)N1CCCCC(C1=CC=CC1)=C(c1ccc(O)cc1)c1ccc(O)cc1. The zero-order chi connectivity index (χ0) is 22.5. The molecule has 2 aromatic rings. The molecular weight excluding hydrogens is 402 g/mol. The van der Waals surface area contributed by atoms with E-state index in [-0.39, 0.29) is 23.3 Å². The number of phenols is 2. The summed E-state index contributed by atoms with van der Waals surface area (Å²) in [5, 5.41) is 19.6. The van der Waals surface area contributed by atoms with E-state index in [1.54, 1.807) is 24.3 Å². The molecule has 164 valence electrons. The maximum absolute atomic E-state index is 11.9. The number of imide groups is 1. The molecular formula is C27H27NO4. The lowest BCUT2D eigenvalue weighted by molar-refractivity contribution is -0.138. The van der Waals surface area contributed by atoms with Gasteiger partial charge < -0.3 is 10.2 Å². The van der Waals surface area contributed by atoms with Crippen LogP contribution in [0.3, 0.4) is 0 Å². The molecule has 1 heterocycles. The molecule has 2 N–H and O–H groups in total. The number of carbonyl (C=O) groups excluding carboxylic acids is 2. The van der Waals surface area contributed by atoms with Crippen molar-refractivity contribution in [1.82, 2.24) is 4.90 Å².